The number of para-hydroxylation sites is 1. The van der Waals surface area contributed by atoms with Gasteiger partial charge in [0.05, 0.1) is 5.69 Å². The number of carbonyl (C=O) groups excluding carboxylic acids is 3. The first-order valence-corrected chi connectivity index (χ1v) is 7.72. The van der Waals surface area contributed by atoms with Crippen LogP contribution in [0.1, 0.15) is 11.1 Å². The molecule has 0 atom stereocenters. The number of benzene rings is 2. The minimum absolute atomic E-state index is 0.142. The highest BCUT2D eigenvalue weighted by molar-refractivity contribution is 6.39. The van der Waals surface area contributed by atoms with Crippen LogP contribution in [0.4, 0.5) is 10.5 Å². The molecule has 0 saturated carbocycles. The van der Waals surface area contributed by atoms with E-state index < -0.39 is 17.8 Å². The lowest BCUT2D eigenvalue weighted by atomic mass is 10.1. The molecule has 4 amide bonds. The van der Waals surface area contributed by atoms with Crippen LogP contribution in [-0.4, -0.2) is 23.0 Å². The van der Waals surface area contributed by atoms with Crippen LogP contribution in [-0.2, 0) is 9.59 Å². The predicted octanol–water partition coefficient (Wildman–Crippen LogP) is 3.02. The van der Waals surface area contributed by atoms with Crippen molar-refractivity contribution in [2.24, 2.45) is 0 Å². The Hall–Kier alpha value is -3.12. The second-order valence-electron chi connectivity index (χ2n) is 5.45. The fourth-order valence-electron chi connectivity index (χ4n) is 2.49. The van der Waals surface area contributed by atoms with Gasteiger partial charge in [-0.05, 0) is 42.8 Å². The number of aromatic hydroxyl groups is 1. The zero-order valence-electron chi connectivity index (χ0n) is 13.1. The third-order valence-corrected chi connectivity index (χ3v) is 3.98. The number of nitrogens with one attached hydrogen (secondary N) is 1. The van der Waals surface area contributed by atoms with E-state index in [2.05, 4.69) is 5.32 Å². The lowest BCUT2D eigenvalue weighted by Gasteiger charge is -2.27. The van der Waals surface area contributed by atoms with E-state index >= 15 is 0 Å². The number of aryl methyl sites for hydroxylation is 1. The molecular weight excluding hydrogens is 344 g/mol. The SMILES string of the molecule is Cc1ccccc1N1C(=O)NC(=O)/C(=C\c2cc(Cl)ccc2O)C1=O. The van der Waals surface area contributed by atoms with E-state index in [4.69, 9.17) is 11.6 Å². The summed E-state index contributed by atoms with van der Waals surface area (Å²) < 4.78 is 0. The maximum atomic E-state index is 12.8. The van der Waals surface area contributed by atoms with E-state index in [-0.39, 0.29) is 16.9 Å². The van der Waals surface area contributed by atoms with Crippen LogP contribution in [0.5, 0.6) is 5.75 Å². The molecule has 7 heteroatoms. The molecule has 0 spiro atoms. The van der Waals surface area contributed by atoms with E-state index in [1.54, 1.807) is 31.2 Å². The lowest BCUT2D eigenvalue weighted by molar-refractivity contribution is -0.122. The number of amides is 4. The van der Waals surface area contributed by atoms with Gasteiger partial charge in [0.25, 0.3) is 11.8 Å². The smallest absolute Gasteiger partial charge is 0.335 e. The zero-order valence-corrected chi connectivity index (χ0v) is 13.9. The van der Waals surface area contributed by atoms with Crippen molar-refractivity contribution >= 4 is 41.2 Å². The summed E-state index contributed by atoms with van der Waals surface area (Å²) in [6, 6.07) is 10.2. The first-order valence-electron chi connectivity index (χ1n) is 7.34. The van der Waals surface area contributed by atoms with Gasteiger partial charge in [0.1, 0.15) is 11.3 Å². The molecule has 1 fully saturated rings. The van der Waals surface area contributed by atoms with E-state index in [1.165, 1.54) is 24.3 Å². The Bertz CT molecular complexity index is 936. The van der Waals surface area contributed by atoms with Crippen LogP contribution in [0.15, 0.2) is 48.0 Å². The van der Waals surface area contributed by atoms with Gasteiger partial charge in [-0.1, -0.05) is 29.8 Å². The van der Waals surface area contributed by atoms with E-state index in [0.29, 0.717) is 16.3 Å². The number of urea groups is 1. The maximum absolute atomic E-state index is 12.8. The van der Waals surface area contributed by atoms with Gasteiger partial charge in [-0.25, -0.2) is 9.69 Å². The molecule has 126 valence electrons. The van der Waals surface area contributed by atoms with Crippen LogP contribution >= 0.6 is 11.6 Å². The van der Waals surface area contributed by atoms with Crippen molar-refractivity contribution < 1.29 is 19.5 Å². The van der Waals surface area contributed by atoms with Gasteiger partial charge in [-0.15, -0.1) is 0 Å². The molecule has 6 nitrogen and oxygen atoms in total. The maximum Gasteiger partial charge on any atom is 0.335 e. The quantitative estimate of drug-likeness (QED) is 0.639. The Morgan fingerprint density at radius 2 is 1.84 bits per heavy atom. The predicted molar refractivity (Wildman–Crippen MR) is 93.3 cm³/mol. The largest absolute Gasteiger partial charge is 0.507 e. The Kier molecular flexibility index (Phi) is 4.29. The minimum Gasteiger partial charge on any atom is -0.507 e. The molecule has 1 aliphatic rings. The summed E-state index contributed by atoms with van der Waals surface area (Å²) in [5, 5.41) is 12.4. The third-order valence-electron chi connectivity index (χ3n) is 3.75. The number of hydrogen-bond donors (Lipinski definition) is 2. The highest BCUT2D eigenvalue weighted by atomic mass is 35.5. The van der Waals surface area contributed by atoms with Crippen molar-refractivity contribution in [3.05, 3.63) is 64.2 Å². The second-order valence-corrected chi connectivity index (χ2v) is 5.88. The molecule has 2 N–H and O–H groups in total. The number of rotatable bonds is 2. The molecule has 0 aromatic heterocycles. The lowest BCUT2D eigenvalue weighted by Crippen LogP contribution is -2.54. The van der Waals surface area contributed by atoms with Crippen LogP contribution in [0.3, 0.4) is 0 Å². The van der Waals surface area contributed by atoms with Crippen molar-refractivity contribution in [2.75, 3.05) is 4.90 Å². The van der Waals surface area contributed by atoms with Crippen molar-refractivity contribution in [3.8, 4) is 5.75 Å². The standard InChI is InChI=1S/C18H13ClN2O4/c1-10-4-2-3-5-14(10)21-17(24)13(16(23)20-18(21)25)9-11-8-12(19)6-7-15(11)22/h2-9,22H,1H3,(H,20,23,25)/b13-9+. The average Bonchev–Trinajstić information content (AvgIpc) is 2.56. The van der Waals surface area contributed by atoms with Crippen LogP contribution in [0, 0.1) is 6.92 Å². The average molecular weight is 357 g/mol. The molecule has 1 aliphatic heterocycles. The Morgan fingerprint density at radius 1 is 1.12 bits per heavy atom. The third kappa shape index (κ3) is 3.12. The summed E-state index contributed by atoms with van der Waals surface area (Å²) in [6.07, 6.45) is 1.20. The topological polar surface area (TPSA) is 86.7 Å². The molecule has 0 unspecified atom stereocenters. The summed E-state index contributed by atoms with van der Waals surface area (Å²) in [6.45, 7) is 1.75. The number of nitrogens with zero attached hydrogens (tertiary/aromatic N) is 1. The van der Waals surface area contributed by atoms with Crippen molar-refractivity contribution in [1.82, 2.24) is 5.32 Å². The summed E-state index contributed by atoms with van der Waals surface area (Å²) in [4.78, 5) is 37.9. The number of hydrogen-bond acceptors (Lipinski definition) is 4. The minimum atomic E-state index is -0.834. The highest BCUT2D eigenvalue weighted by Gasteiger charge is 2.37. The van der Waals surface area contributed by atoms with Gasteiger partial charge in [-0.2, -0.15) is 0 Å². The highest BCUT2D eigenvalue weighted by Crippen LogP contribution is 2.28. The zero-order chi connectivity index (χ0) is 18.1. The number of carbonyl (C=O) groups is 3. The monoisotopic (exact) mass is 356 g/mol. The Labute approximate surface area is 148 Å². The van der Waals surface area contributed by atoms with Crippen molar-refractivity contribution in [1.29, 1.82) is 0 Å². The molecular formula is C18H13ClN2O4. The van der Waals surface area contributed by atoms with Crippen LogP contribution < -0.4 is 10.2 Å². The molecule has 2 aromatic rings. The Balaban J connectivity index is 2.09. The molecule has 1 heterocycles. The van der Waals surface area contributed by atoms with Gasteiger partial charge in [-0.3, -0.25) is 14.9 Å². The number of barbiturate groups is 1. The molecule has 0 aliphatic carbocycles. The van der Waals surface area contributed by atoms with Crippen molar-refractivity contribution in [3.63, 3.8) is 0 Å². The molecule has 0 bridgehead atoms. The number of anilines is 1. The summed E-state index contributed by atoms with van der Waals surface area (Å²) >= 11 is 5.89. The first kappa shape index (κ1) is 16.7. The normalized spacial score (nSPS) is 16.3. The second kappa shape index (κ2) is 6.41. The summed E-state index contributed by atoms with van der Waals surface area (Å²) in [5.74, 6) is -1.75. The molecule has 3 rings (SSSR count). The van der Waals surface area contributed by atoms with Gasteiger partial charge in [0, 0.05) is 10.6 Å². The number of phenols is 1. The molecule has 0 radical (unpaired) electrons. The molecule has 25 heavy (non-hydrogen) atoms. The van der Waals surface area contributed by atoms with E-state index in [1.807, 2.05) is 0 Å². The summed E-state index contributed by atoms with van der Waals surface area (Å²) in [7, 11) is 0. The number of imide groups is 2. The fourth-order valence-corrected chi connectivity index (χ4v) is 2.67. The first-order chi connectivity index (χ1) is 11.9. The molecule has 1 saturated heterocycles. The number of halogens is 1. The van der Waals surface area contributed by atoms with E-state index in [0.717, 1.165) is 4.90 Å². The number of phenolic OH excluding ortho intramolecular Hbond substituents is 1. The van der Waals surface area contributed by atoms with Crippen LogP contribution in [0.25, 0.3) is 6.08 Å². The van der Waals surface area contributed by atoms with Gasteiger partial charge in [0.2, 0.25) is 0 Å². The Morgan fingerprint density at radius 3 is 2.56 bits per heavy atom. The van der Waals surface area contributed by atoms with Gasteiger partial charge >= 0.3 is 6.03 Å². The van der Waals surface area contributed by atoms with Crippen molar-refractivity contribution in [2.45, 2.75) is 6.92 Å². The van der Waals surface area contributed by atoms with Gasteiger partial charge in [0.15, 0.2) is 0 Å². The fraction of sp³-hybridized carbons (Fsp3) is 0.0556. The van der Waals surface area contributed by atoms with Crippen LogP contribution in [0.2, 0.25) is 5.02 Å². The van der Waals surface area contributed by atoms with E-state index in [9.17, 15) is 19.5 Å². The summed E-state index contributed by atoms with van der Waals surface area (Å²) in [5.41, 5.74) is 0.995. The van der Waals surface area contributed by atoms with Gasteiger partial charge < -0.3 is 5.11 Å². The molecule has 2 aromatic carbocycles.